The lowest BCUT2D eigenvalue weighted by molar-refractivity contribution is 0.608. The first-order valence-electron chi connectivity index (χ1n) is 5.74. The van der Waals surface area contributed by atoms with E-state index < -0.39 is 0 Å². The molecule has 1 atom stereocenters. The second-order valence-electron chi connectivity index (χ2n) is 4.20. The standard InChI is InChI=1S/C12H13BrN4/c13-9-5-3-8(4-6-9)11-15-12(17-16-11)10-2-1-7-14-10/h3-6,10,14H,1-2,7H2,(H,15,16,17). The zero-order chi connectivity index (χ0) is 11.7. The van der Waals surface area contributed by atoms with E-state index in [1.165, 1.54) is 6.42 Å². The first-order chi connectivity index (χ1) is 8.33. The zero-order valence-corrected chi connectivity index (χ0v) is 10.9. The van der Waals surface area contributed by atoms with Crippen LogP contribution in [-0.4, -0.2) is 21.7 Å². The molecule has 1 aromatic heterocycles. The molecular formula is C12H13BrN4. The maximum absolute atomic E-state index is 4.55. The molecule has 1 aliphatic heterocycles. The highest BCUT2D eigenvalue weighted by Crippen LogP contribution is 2.23. The third-order valence-electron chi connectivity index (χ3n) is 3.00. The van der Waals surface area contributed by atoms with Crippen molar-refractivity contribution in [2.45, 2.75) is 18.9 Å². The van der Waals surface area contributed by atoms with Crippen LogP contribution in [0.25, 0.3) is 11.4 Å². The van der Waals surface area contributed by atoms with Gasteiger partial charge in [-0.15, -0.1) is 0 Å². The van der Waals surface area contributed by atoms with Gasteiger partial charge >= 0.3 is 0 Å². The van der Waals surface area contributed by atoms with Crippen molar-refractivity contribution in [1.82, 2.24) is 20.5 Å². The predicted octanol–water partition coefficient (Wildman–Crippen LogP) is 2.66. The fourth-order valence-corrected chi connectivity index (χ4v) is 2.34. The van der Waals surface area contributed by atoms with E-state index in [4.69, 9.17) is 0 Å². The highest BCUT2D eigenvalue weighted by Gasteiger charge is 2.19. The van der Waals surface area contributed by atoms with Gasteiger partial charge in [-0.3, -0.25) is 5.10 Å². The molecule has 3 rings (SSSR count). The molecule has 88 valence electrons. The number of hydrogen-bond acceptors (Lipinski definition) is 3. The van der Waals surface area contributed by atoms with Gasteiger partial charge in [0.1, 0.15) is 5.82 Å². The minimum Gasteiger partial charge on any atom is -0.307 e. The Hall–Kier alpha value is -1.20. The van der Waals surface area contributed by atoms with Crippen molar-refractivity contribution in [2.75, 3.05) is 6.54 Å². The predicted molar refractivity (Wildman–Crippen MR) is 69.5 cm³/mol. The summed E-state index contributed by atoms with van der Waals surface area (Å²) in [5.74, 6) is 1.71. The average Bonchev–Trinajstić information content (AvgIpc) is 3.00. The quantitative estimate of drug-likeness (QED) is 0.895. The van der Waals surface area contributed by atoms with Gasteiger partial charge < -0.3 is 5.32 Å². The topological polar surface area (TPSA) is 53.6 Å². The van der Waals surface area contributed by atoms with Crippen LogP contribution in [0.2, 0.25) is 0 Å². The number of aromatic amines is 1. The molecule has 5 heteroatoms. The monoisotopic (exact) mass is 292 g/mol. The molecule has 0 spiro atoms. The van der Waals surface area contributed by atoms with Crippen LogP contribution < -0.4 is 5.32 Å². The van der Waals surface area contributed by atoms with Gasteiger partial charge in [-0.05, 0) is 31.5 Å². The van der Waals surface area contributed by atoms with Gasteiger partial charge in [0.15, 0.2) is 5.82 Å². The van der Waals surface area contributed by atoms with Gasteiger partial charge in [0.25, 0.3) is 0 Å². The maximum Gasteiger partial charge on any atom is 0.181 e. The summed E-state index contributed by atoms with van der Waals surface area (Å²) in [7, 11) is 0. The molecule has 2 aromatic rings. The van der Waals surface area contributed by atoms with Gasteiger partial charge in [-0.1, -0.05) is 28.1 Å². The van der Waals surface area contributed by atoms with Crippen molar-refractivity contribution in [3.63, 3.8) is 0 Å². The van der Waals surface area contributed by atoms with Crippen molar-refractivity contribution in [3.05, 3.63) is 34.6 Å². The summed E-state index contributed by atoms with van der Waals surface area (Å²) in [5, 5.41) is 10.7. The number of rotatable bonds is 2. The van der Waals surface area contributed by atoms with Crippen LogP contribution in [0.4, 0.5) is 0 Å². The molecule has 0 saturated carbocycles. The first-order valence-corrected chi connectivity index (χ1v) is 6.54. The molecule has 2 heterocycles. The lowest BCUT2D eigenvalue weighted by atomic mass is 10.2. The normalized spacial score (nSPS) is 19.7. The number of halogens is 1. The Morgan fingerprint density at radius 3 is 2.76 bits per heavy atom. The third-order valence-corrected chi connectivity index (χ3v) is 3.52. The van der Waals surface area contributed by atoms with Gasteiger partial charge in [-0.25, -0.2) is 4.98 Å². The van der Waals surface area contributed by atoms with Crippen molar-refractivity contribution >= 4 is 15.9 Å². The number of aromatic nitrogens is 3. The van der Waals surface area contributed by atoms with Crippen molar-refractivity contribution in [3.8, 4) is 11.4 Å². The number of H-pyrrole nitrogens is 1. The molecule has 4 nitrogen and oxygen atoms in total. The number of nitrogens with zero attached hydrogens (tertiary/aromatic N) is 2. The highest BCUT2D eigenvalue weighted by molar-refractivity contribution is 9.10. The first kappa shape index (κ1) is 10.9. The zero-order valence-electron chi connectivity index (χ0n) is 9.28. The minimum atomic E-state index is 0.340. The molecular weight excluding hydrogens is 280 g/mol. The van der Waals surface area contributed by atoms with Crippen LogP contribution in [-0.2, 0) is 0 Å². The summed E-state index contributed by atoms with van der Waals surface area (Å²) in [6.07, 6.45) is 2.34. The molecule has 1 saturated heterocycles. The van der Waals surface area contributed by atoms with E-state index in [9.17, 15) is 0 Å². The number of hydrogen-bond donors (Lipinski definition) is 2. The van der Waals surface area contributed by atoms with E-state index in [0.29, 0.717) is 6.04 Å². The fourth-order valence-electron chi connectivity index (χ4n) is 2.08. The SMILES string of the molecule is Brc1ccc(-c2n[nH]c(C3CCCN3)n2)cc1. The van der Waals surface area contributed by atoms with Crippen LogP contribution in [0.3, 0.4) is 0 Å². The fraction of sp³-hybridized carbons (Fsp3) is 0.333. The Balaban J connectivity index is 1.86. The van der Waals surface area contributed by atoms with Crippen molar-refractivity contribution in [2.24, 2.45) is 0 Å². The smallest absolute Gasteiger partial charge is 0.181 e. The van der Waals surface area contributed by atoms with Gasteiger partial charge in [0.2, 0.25) is 0 Å². The summed E-state index contributed by atoms with van der Waals surface area (Å²) >= 11 is 3.42. The van der Waals surface area contributed by atoms with E-state index >= 15 is 0 Å². The molecule has 17 heavy (non-hydrogen) atoms. The highest BCUT2D eigenvalue weighted by atomic mass is 79.9. The van der Waals surface area contributed by atoms with E-state index in [1.54, 1.807) is 0 Å². The van der Waals surface area contributed by atoms with E-state index in [-0.39, 0.29) is 0 Å². The number of benzene rings is 1. The summed E-state index contributed by atoms with van der Waals surface area (Å²) in [4.78, 5) is 4.55. The van der Waals surface area contributed by atoms with E-state index in [1.807, 2.05) is 24.3 Å². The summed E-state index contributed by atoms with van der Waals surface area (Å²) in [6.45, 7) is 1.07. The Bertz CT molecular complexity index is 499. The Labute approximate surface area is 108 Å². The lowest BCUT2D eigenvalue weighted by Gasteiger charge is -2.03. The van der Waals surface area contributed by atoms with E-state index in [0.717, 1.165) is 34.7 Å². The maximum atomic E-state index is 4.55. The van der Waals surface area contributed by atoms with Gasteiger partial charge in [0.05, 0.1) is 6.04 Å². The molecule has 1 aromatic carbocycles. The average molecular weight is 293 g/mol. The molecule has 2 N–H and O–H groups in total. The Morgan fingerprint density at radius 1 is 1.24 bits per heavy atom. The van der Waals surface area contributed by atoms with Crippen LogP contribution in [0.1, 0.15) is 24.7 Å². The second-order valence-corrected chi connectivity index (χ2v) is 5.12. The second kappa shape index (κ2) is 4.58. The Kier molecular flexibility index (Phi) is 2.94. The Morgan fingerprint density at radius 2 is 2.06 bits per heavy atom. The molecule has 1 unspecified atom stereocenters. The summed E-state index contributed by atoms with van der Waals surface area (Å²) in [6, 6.07) is 8.36. The molecule has 0 aliphatic carbocycles. The summed E-state index contributed by atoms with van der Waals surface area (Å²) in [5.41, 5.74) is 1.04. The third kappa shape index (κ3) is 2.25. The van der Waals surface area contributed by atoms with Crippen LogP contribution >= 0.6 is 15.9 Å². The minimum absolute atomic E-state index is 0.340. The van der Waals surface area contributed by atoms with E-state index in [2.05, 4.69) is 36.4 Å². The van der Waals surface area contributed by atoms with Gasteiger partial charge in [0, 0.05) is 10.0 Å². The molecule has 0 amide bonds. The van der Waals surface area contributed by atoms with Crippen LogP contribution in [0.15, 0.2) is 28.7 Å². The van der Waals surface area contributed by atoms with Crippen LogP contribution in [0.5, 0.6) is 0 Å². The molecule has 0 bridgehead atoms. The molecule has 0 radical (unpaired) electrons. The number of nitrogens with one attached hydrogen (secondary N) is 2. The largest absolute Gasteiger partial charge is 0.307 e. The molecule has 1 fully saturated rings. The lowest BCUT2D eigenvalue weighted by Crippen LogP contribution is -2.14. The van der Waals surface area contributed by atoms with Gasteiger partial charge in [-0.2, -0.15) is 5.10 Å². The van der Waals surface area contributed by atoms with Crippen molar-refractivity contribution in [1.29, 1.82) is 0 Å². The van der Waals surface area contributed by atoms with Crippen LogP contribution in [0, 0.1) is 0 Å². The summed E-state index contributed by atoms with van der Waals surface area (Å²) < 4.78 is 1.06. The molecule has 1 aliphatic rings. The van der Waals surface area contributed by atoms with Crippen molar-refractivity contribution < 1.29 is 0 Å².